The highest BCUT2D eigenvalue weighted by molar-refractivity contribution is 6.13. The van der Waals surface area contributed by atoms with Crippen LogP contribution in [0.15, 0.2) is 53.8 Å². The summed E-state index contributed by atoms with van der Waals surface area (Å²) in [5, 5.41) is 11.4. The van der Waals surface area contributed by atoms with Crippen molar-refractivity contribution < 1.29 is 14.3 Å². The zero-order valence-corrected chi connectivity index (χ0v) is 11.3. The molecule has 0 aromatic heterocycles. The Morgan fingerprint density at radius 1 is 1.26 bits per heavy atom. The summed E-state index contributed by atoms with van der Waals surface area (Å²) in [6.07, 6.45) is 5.65. The molecule has 0 N–H and O–H groups in total. The van der Waals surface area contributed by atoms with Crippen molar-refractivity contribution in [3.05, 3.63) is 59.4 Å². The molecule has 1 aliphatic carbocycles. The molecule has 1 aliphatic rings. The monoisotopic (exact) mass is 256 g/mol. The van der Waals surface area contributed by atoms with Crippen LogP contribution < -0.4 is 5.11 Å². The Balaban J connectivity index is 2.48. The minimum Gasteiger partial charge on any atom is -0.872 e. The minimum absolute atomic E-state index is 0.00401. The van der Waals surface area contributed by atoms with E-state index in [1.807, 2.05) is 31.2 Å². The second kappa shape index (κ2) is 5.57. The number of ketones is 1. The van der Waals surface area contributed by atoms with Crippen LogP contribution in [0.2, 0.25) is 0 Å². The van der Waals surface area contributed by atoms with Crippen LogP contribution in [0.25, 0.3) is 5.57 Å². The molecule has 3 nitrogen and oxygen atoms in total. The molecular formula is C16H16O3. The van der Waals surface area contributed by atoms with E-state index in [0.29, 0.717) is 0 Å². The Bertz CT molecular complexity index is 604. The maximum absolute atomic E-state index is 11.4. The van der Waals surface area contributed by atoms with Gasteiger partial charge in [0.2, 0.25) is 0 Å². The van der Waals surface area contributed by atoms with Gasteiger partial charge < -0.3 is 9.84 Å². The van der Waals surface area contributed by atoms with Crippen molar-refractivity contribution in [2.45, 2.75) is 6.92 Å². The number of rotatable bonds is 2. The first kappa shape index (κ1) is 13.1. The summed E-state index contributed by atoms with van der Waals surface area (Å²) in [7, 11) is 3.24. The minimum atomic E-state index is 0.00401. The molecule has 1 aromatic carbocycles. The SMILES string of the molecule is COC1=CC(=[O+]C)/C(=C(/C)c2cccc([O-])c2)C=C1. The zero-order chi connectivity index (χ0) is 13.8. The highest BCUT2D eigenvalue weighted by atomic mass is 16.5. The highest BCUT2D eigenvalue weighted by Gasteiger charge is 2.21. The number of methoxy groups -OCH3 is 1. The number of hydrogen-bond donors (Lipinski definition) is 0. The molecule has 0 radical (unpaired) electrons. The number of hydrogen-bond acceptors (Lipinski definition) is 2. The molecule has 0 fully saturated rings. The van der Waals surface area contributed by atoms with Crippen LogP contribution in [-0.2, 0) is 9.16 Å². The third-order valence-corrected chi connectivity index (χ3v) is 3.08. The van der Waals surface area contributed by atoms with E-state index in [1.165, 1.54) is 0 Å². The number of carbonyl (C=O) groups excluding carboxylic acids is 1. The van der Waals surface area contributed by atoms with E-state index in [0.717, 1.165) is 28.3 Å². The normalized spacial score (nSPS) is 19.3. The van der Waals surface area contributed by atoms with Crippen LogP contribution in [0.5, 0.6) is 5.75 Å². The molecule has 0 aliphatic heterocycles. The largest absolute Gasteiger partial charge is 0.872 e. The first-order valence-corrected chi connectivity index (χ1v) is 5.99. The summed E-state index contributed by atoms with van der Waals surface area (Å²) in [6, 6.07) is 6.85. The van der Waals surface area contributed by atoms with Gasteiger partial charge >= 0.3 is 5.78 Å². The van der Waals surface area contributed by atoms with E-state index < -0.39 is 0 Å². The van der Waals surface area contributed by atoms with E-state index in [4.69, 9.17) is 9.16 Å². The second-order valence-electron chi connectivity index (χ2n) is 4.22. The number of allylic oxidation sites excluding steroid dienone is 5. The zero-order valence-electron chi connectivity index (χ0n) is 11.3. The lowest BCUT2D eigenvalue weighted by Crippen LogP contribution is -2.08. The van der Waals surface area contributed by atoms with Crippen LogP contribution >= 0.6 is 0 Å². The van der Waals surface area contributed by atoms with Gasteiger partial charge in [0, 0.05) is 0 Å². The van der Waals surface area contributed by atoms with Crippen LogP contribution in [0.4, 0.5) is 0 Å². The summed E-state index contributed by atoms with van der Waals surface area (Å²) in [4.78, 5) is 0. The van der Waals surface area contributed by atoms with Gasteiger partial charge in [0.1, 0.15) is 5.76 Å². The van der Waals surface area contributed by atoms with Crippen molar-refractivity contribution >= 4 is 11.4 Å². The molecule has 0 spiro atoms. The summed E-state index contributed by atoms with van der Waals surface area (Å²) < 4.78 is 10.6. The van der Waals surface area contributed by atoms with Gasteiger partial charge in [-0.05, 0) is 30.2 Å². The molecule has 0 heterocycles. The van der Waals surface area contributed by atoms with Gasteiger partial charge in [0.05, 0.1) is 18.8 Å². The molecule has 1 aromatic rings. The van der Waals surface area contributed by atoms with Crippen molar-refractivity contribution in [2.75, 3.05) is 14.2 Å². The van der Waals surface area contributed by atoms with Crippen molar-refractivity contribution in [3.63, 3.8) is 0 Å². The predicted octanol–water partition coefficient (Wildman–Crippen LogP) is 2.37. The molecule has 19 heavy (non-hydrogen) atoms. The summed E-state index contributed by atoms with van der Waals surface area (Å²) >= 11 is 0. The summed E-state index contributed by atoms with van der Waals surface area (Å²) in [5.74, 6) is 1.48. The Kier molecular flexibility index (Phi) is 3.85. The lowest BCUT2D eigenvalue weighted by atomic mass is 9.95. The molecule has 3 heteroatoms. The molecule has 0 bridgehead atoms. The van der Waals surface area contributed by atoms with Gasteiger partial charge in [-0.3, -0.25) is 4.42 Å². The number of ether oxygens (including phenoxy) is 1. The van der Waals surface area contributed by atoms with Crippen LogP contribution in [0, 0.1) is 0 Å². The maximum atomic E-state index is 11.4. The maximum Gasteiger partial charge on any atom is 0.354 e. The van der Waals surface area contributed by atoms with Gasteiger partial charge in [-0.25, -0.2) is 0 Å². The topological polar surface area (TPSA) is 43.6 Å². The van der Waals surface area contributed by atoms with Gasteiger partial charge in [0.25, 0.3) is 7.11 Å². The molecule has 0 amide bonds. The van der Waals surface area contributed by atoms with E-state index in [1.54, 1.807) is 32.4 Å². The quantitative estimate of drug-likeness (QED) is 0.602. The molecule has 0 saturated heterocycles. The molecule has 0 unspecified atom stereocenters. The van der Waals surface area contributed by atoms with Crippen molar-refractivity contribution in [2.24, 2.45) is 0 Å². The highest BCUT2D eigenvalue weighted by Crippen LogP contribution is 2.25. The summed E-state index contributed by atoms with van der Waals surface area (Å²) in [6.45, 7) is 1.97. The van der Waals surface area contributed by atoms with E-state index in [9.17, 15) is 5.11 Å². The van der Waals surface area contributed by atoms with Crippen LogP contribution in [-0.4, -0.2) is 20.0 Å². The third kappa shape index (κ3) is 2.76. The Morgan fingerprint density at radius 3 is 2.68 bits per heavy atom. The van der Waals surface area contributed by atoms with Gasteiger partial charge in [-0.15, -0.1) is 5.75 Å². The van der Waals surface area contributed by atoms with E-state index >= 15 is 0 Å². The molecule has 2 rings (SSSR count). The lowest BCUT2D eigenvalue weighted by molar-refractivity contribution is -0.418. The average Bonchev–Trinajstić information content (AvgIpc) is 2.45. The molecular weight excluding hydrogens is 240 g/mol. The Labute approximate surface area is 112 Å². The Hall–Kier alpha value is -2.29. The van der Waals surface area contributed by atoms with Crippen molar-refractivity contribution in [3.8, 4) is 5.75 Å². The fraction of sp³-hybridized carbons (Fsp3) is 0.188. The molecule has 0 atom stereocenters. The van der Waals surface area contributed by atoms with E-state index in [2.05, 4.69) is 0 Å². The van der Waals surface area contributed by atoms with Gasteiger partial charge in [0.15, 0.2) is 0 Å². The van der Waals surface area contributed by atoms with Crippen molar-refractivity contribution in [1.29, 1.82) is 0 Å². The van der Waals surface area contributed by atoms with Gasteiger partial charge in [-0.1, -0.05) is 24.3 Å². The predicted molar refractivity (Wildman–Crippen MR) is 73.6 cm³/mol. The number of benzene rings is 1. The first-order chi connectivity index (χ1) is 9.15. The second-order valence-corrected chi connectivity index (χ2v) is 4.22. The fourth-order valence-electron chi connectivity index (χ4n) is 1.99. The third-order valence-electron chi connectivity index (χ3n) is 3.08. The molecule has 0 saturated carbocycles. The lowest BCUT2D eigenvalue weighted by Gasteiger charge is -2.11. The van der Waals surface area contributed by atoms with Crippen LogP contribution in [0.1, 0.15) is 12.5 Å². The van der Waals surface area contributed by atoms with E-state index in [-0.39, 0.29) is 5.75 Å². The fourth-order valence-corrected chi connectivity index (χ4v) is 1.99. The van der Waals surface area contributed by atoms with Gasteiger partial charge in [-0.2, -0.15) is 0 Å². The smallest absolute Gasteiger partial charge is 0.354 e. The van der Waals surface area contributed by atoms with Crippen molar-refractivity contribution in [1.82, 2.24) is 0 Å². The average molecular weight is 256 g/mol. The molecule has 98 valence electrons. The standard InChI is InChI=1S/C16H16O3/c1-11(12-5-4-6-13(17)9-12)15-8-7-14(18-2)10-16(15)19-3/h4-10H,1-3H3/b15-11-. The summed E-state index contributed by atoms with van der Waals surface area (Å²) in [5.41, 5.74) is 2.85. The first-order valence-electron chi connectivity index (χ1n) is 5.99. The Morgan fingerprint density at radius 2 is 2.05 bits per heavy atom. The van der Waals surface area contributed by atoms with Crippen LogP contribution in [0.3, 0.4) is 0 Å².